The summed E-state index contributed by atoms with van der Waals surface area (Å²) in [4.78, 5) is 50.3. The van der Waals surface area contributed by atoms with Gasteiger partial charge in [-0.15, -0.1) is 12.4 Å². The van der Waals surface area contributed by atoms with Crippen molar-refractivity contribution >= 4 is 93.7 Å². The van der Waals surface area contributed by atoms with Gasteiger partial charge in [0, 0.05) is 34.8 Å². The molecule has 4 aliphatic rings. The number of unbranched alkanes of at least 4 members (excludes halogenated alkanes) is 11. The van der Waals surface area contributed by atoms with Crippen LogP contribution in [-0.2, 0) is 68.9 Å². The molecule has 0 saturated heterocycles. The van der Waals surface area contributed by atoms with Gasteiger partial charge in [-0.2, -0.15) is 28.8 Å². The number of aliphatic hydroxyl groups is 1. The fraction of sp³-hybridized carbons (Fsp3) is 0.407. The van der Waals surface area contributed by atoms with Crippen molar-refractivity contribution < 1.29 is 67.5 Å². The normalized spacial score (nSPS) is 16.7. The van der Waals surface area contributed by atoms with Crippen LogP contribution >= 0.6 is 12.4 Å². The molecular formula is C86H111ClN8O15S4. The topological polar surface area (TPSA) is 320 Å². The van der Waals surface area contributed by atoms with Crippen molar-refractivity contribution in [3.05, 3.63) is 237 Å². The van der Waals surface area contributed by atoms with Gasteiger partial charge in [0.05, 0.1) is 66.5 Å². The molecule has 5 N–H and O–H groups in total. The van der Waals surface area contributed by atoms with Crippen LogP contribution in [0.5, 0.6) is 0 Å². The number of anilines is 4. The Hall–Kier alpha value is -9.01. The average Bonchev–Trinajstić information content (AvgIpc) is 1.61. The molecule has 0 radical (unpaired) electrons. The van der Waals surface area contributed by atoms with E-state index in [1.165, 1.54) is 87.8 Å². The number of hydrogen-bond donors (Lipinski definition) is 5. The van der Waals surface area contributed by atoms with Gasteiger partial charge in [-0.1, -0.05) is 213 Å². The highest BCUT2D eigenvalue weighted by Gasteiger charge is 2.39. The second kappa shape index (κ2) is 46.5. The number of carbonyl (C=O) groups excluding carboxylic acids is 6. The van der Waals surface area contributed by atoms with Gasteiger partial charge >= 0.3 is 18.5 Å². The molecule has 4 unspecified atom stereocenters. The number of nitrogens with one attached hydrogen (secondary N) is 4. The maximum Gasteiger partial charge on any atom is 0.373 e. The van der Waals surface area contributed by atoms with E-state index in [-0.39, 0.29) is 61.6 Å². The Kier molecular flexibility index (Phi) is 39.0. The summed E-state index contributed by atoms with van der Waals surface area (Å²) in [5.41, 5.74) is 13.9. The van der Waals surface area contributed by atoms with Crippen LogP contribution in [0.25, 0.3) is 0 Å². The summed E-state index contributed by atoms with van der Waals surface area (Å²) in [7, 11) is -7.81. The molecule has 28 heteroatoms. The zero-order valence-electron chi connectivity index (χ0n) is 67.1. The van der Waals surface area contributed by atoms with Crippen molar-refractivity contribution in [2.45, 2.75) is 189 Å². The Morgan fingerprint density at radius 1 is 0.298 bits per heavy atom. The molecule has 0 bridgehead atoms. The van der Waals surface area contributed by atoms with Gasteiger partial charge in [-0.3, -0.25) is 17.2 Å². The van der Waals surface area contributed by atoms with Gasteiger partial charge in [0.25, 0.3) is 40.1 Å². The van der Waals surface area contributed by atoms with Crippen LogP contribution in [-0.4, -0.2) is 118 Å². The summed E-state index contributed by atoms with van der Waals surface area (Å²) in [6.45, 7) is 17.6. The lowest BCUT2D eigenvalue weighted by atomic mass is 9.96. The molecule has 0 spiro atoms. The molecule has 0 saturated carbocycles. The molecule has 0 amide bonds. The first-order valence-electron chi connectivity index (χ1n) is 38.4. The minimum absolute atomic E-state index is 0. The molecule has 616 valence electrons. The second-order valence-electron chi connectivity index (χ2n) is 28.1. The zero-order valence-corrected chi connectivity index (χ0v) is 71.2. The van der Waals surface area contributed by atoms with E-state index in [1.54, 1.807) is 52.5 Å². The van der Waals surface area contributed by atoms with E-state index >= 15 is 0 Å². The molecule has 8 aromatic rings. The molecule has 4 aliphatic heterocycles. The van der Waals surface area contributed by atoms with E-state index in [1.807, 2.05) is 173 Å². The molecule has 0 fully saturated rings. The number of aryl methyl sites for hydroxylation is 4. The smallest absolute Gasteiger partial charge is 0.373 e. The van der Waals surface area contributed by atoms with Crippen molar-refractivity contribution in [3.8, 4) is 0 Å². The number of para-hydroxylation sites is 4. The summed E-state index contributed by atoms with van der Waals surface area (Å²) in [6, 6.07) is 53.1. The van der Waals surface area contributed by atoms with Crippen LogP contribution in [0.15, 0.2) is 189 Å². The Labute approximate surface area is 681 Å². The second-order valence-corrected chi connectivity index (χ2v) is 35.8. The van der Waals surface area contributed by atoms with Gasteiger partial charge < -0.3 is 26.4 Å². The summed E-state index contributed by atoms with van der Waals surface area (Å²) in [5, 5.41) is 23.4. The number of fused-ring (bicyclic) bond motifs is 8. The van der Waals surface area contributed by atoms with Gasteiger partial charge in [-0.25, -0.2) is 33.7 Å². The number of halogens is 1. The van der Waals surface area contributed by atoms with E-state index in [0.717, 1.165) is 123 Å². The van der Waals surface area contributed by atoms with Crippen LogP contribution in [0.4, 0.5) is 22.7 Å². The lowest BCUT2D eigenvalue weighted by Gasteiger charge is -2.22. The molecule has 4 atom stereocenters. The highest BCUT2D eigenvalue weighted by atomic mass is 35.5. The van der Waals surface area contributed by atoms with Crippen molar-refractivity contribution in [2.24, 2.45) is 0 Å². The Bertz CT molecular complexity index is 4860. The highest BCUT2D eigenvalue weighted by molar-refractivity contribution is 7.93. The van der Waals surface area contributed by atoms with Crippen LogP contribution in [0.3, 0.4) is 0 Å². The Morgan fingerprint density at radius 2 is 0.491 bits per heavy atom. The van der Waals surface area contributed by atoms with E-state index in [4.69, 9.17) is 33.9 Å². The monoisotopic (exact) mass is 1660 g/mol. The molecule has 4 heterocycles. The largest absolute Gasteiger partial charge is 0.396 e. The standard InChI is InChI=1S/C23H32N2O2S.2C21H28N2O2S.C18H22N2O3S.3CO2.ClH/c1-4-5-6-7-8-11-16-24-23-19-12-9-10-13-21(19)25(3)28(26,27)22-17-18(2)14-15-20(22)23;2*1-4-5-6-9-14-22-21-17-10-7-8-11-19(17)23(3)26(24,25)20-15-16(2)12-13-18(20)21;1-13-8-9-15-17(12-13)24(22,23)20(2)16-7-4-3-6-14(16)18(15)19-10-5-11-21;3*2-1-3;/h9-10,12-15,17,23-24H,4-8,11,16H2,1-3H3;2*7-8,10-13,15,21-22H,4-6,9,14H2,1-3H3;3-4,6-9,12,18-19,21H,5,10-11H2,1-2H3;;;;1H. The van der Waals surface area contributed by atoms with Crippen molar-refractivity contribution in [1.29, 1.82) is 0 Å². The fourth-order valence-corrected chi connectivity index (χ4v) is 20.4. The van der Waals surface area contributed by atoms with Gasteiger partial charge in [-0.05, 0) is 195 Å². The Morgan fingerprint density at radius 3 is 0.711 bits per heavy atom. The van der Waals surface area contributed by atoms with Crippen molar-refractivity contribution in [2.75, 3.05) is 78.2 Å². The first-order chi connectivity index (χ1) is 54.1. The number of aliphatic hydroxyl groups excluding tert-OH is 1. The van der Waals surface area contributed by atoms with Crippen molar-refractivity contribution in [3.63, 3.8) is 0 Å². The molecule has 23 nitrogen and oxygen atoms in total. The molecule has 0 aliphatic carbocycles. The van der Waals surface area contributed by atoms with E-state index in [2.05, 4.69) is 42.0 Å². The summed E-state index contributed by atoms with van der Waals surface area (Å²) < 4.78 is 111. The van der Waals surface area contributed by atoms with Crippen LogP contribution in [0, 0.1) is 27.7 Å². The lowest BCUT2D eigenvalue weighted by Crippen LogP contribution is -2.26. The van der Waals surface area contributed by atoms with Gasteiger partial charge in [0.15, 0.2) is 0 Å². The number of benzene rings is 8. The molecule has 8 aromatic carbocycles. The van der Waals surface area contributed by atoms with E-state index in [0.29, 0.717) is 38.2 Å². The minimum Gasteiger partial charge on any atom is -0.396 e. The number of nitrogens with zero attached hydrogens (tertiary/aromatic N) is 4. The average molecular weight is 1660 g/mol. The first-order valence-corrected chi connectivity index (χ1v) is 44.1. The molecular weight excluding hydrogens is 1550 g/mol. The van der Waals surface area contributed by atoms with Crippen LogP contribution < -0.4 is 38.5 Å². The van der Waals surface area contributed by atoms with E-state index < -0.39 is 40.1 Å². The minimum atomic E-state index is -3.61. The summed E-state index contributed by atoms with van der Waals surface area (Å²) in [6.07, 6.45) is 18.3. The predicted molar refractivity (Wildman–Crippen MR) is 448 cm³/mol. The van der Waals surface area contributed by atoms with Gasteiger partial charge in [0.2, 0.25) is 0 Å². The number of hydrogen-bond acceptors (Lipinski definition) is 19. The summed E-state index contributed by atoms with van der Waals surface area (Å²) >= 11 is 0. The van der Waals surface area contributed by atoms with Crippen LogP contribution in [0.2, 0.25) is 0 Å². The molecule has 114 heavy (non-hydrogen) atoms. The number of rotatable bonds is 24. The Balaban J connectivity index is 0.000000261. The quantitative estimate of drug-likeness (QED) is 0.0351. The van der Waals surface area contributed by atoms with Crippen LogP contribution in [0.1, 0.15) is 208 Å². The molecule has 12 rings (SSSR count). The van der Waals surface area contributed by atoms with Crippen molar-refractivity contribution in [1.82, 2.24) is 21.3 Å². The fourth-order valence-electron chi connectivity index (χ4n) is 14.2. The highest BCUT2D eigenvalue weighted by Crippen LogP contribution is 2.45. The predicted octanol–water partition coefficient (Wildman–Crippen LogP) is 14.8. The number of sulfonamides is 4. The maximum atomic E-state index is 13.3. The molecule has 0 aromatic heterocycles. The maximum absolute atomic E-state index is 13.3. The van der Waals surface area contributed by atoms with E-state index in [9.17, 15) is 33.7 Å². The third-order valence-corrected chi connectivity index (χ3v) is 27.5. The third kappa shape index (κ3) is 24.1. The summed E-state index contributed by atoms with van der Waals surface area (Å²) in [5.74, 6) is 0. The zero-order chi connectivity index (χ0) is 83.1. The SMILES string of the molecule is CCCCCCCCNC1c2ccccc2N(C)S(=O)(=O)c2cc(C)ccc21.CCCCCCNC1c2ccccc2N(C)S(=O)(=O)c2cc(C)ccc21.CCCCCCNC1c2ccccc2N(C)S(=O)(=O)c2cc(C)ccc21.Cc1ccc2c(c1)S(=O)(=O)N(C)c1ccccc1C2NCCCO.Cl.O=C=O.O=C=O.O=C=O. The first kappa shape index (κ1) is 95.6. The van der Waals surface area contributed by atoms with Gasteiger partial charge in [0.1, 0.15) is 0 Å². The lowest BCUT2D eigenvalue weighted by molar-refractivity contribution is -0.193. The third-order valence-electron chi connectivity index (χ3n) is 20.1.